The summed E-state index contributed by atoms with van der Waals surface area (Å²) in [4.78, 5) is 0. The van der Waals surface area contributed by atoms with Crippen LogP contribution in [0.1, 0.15) is 24.5 Å². The van der Waals surface area contributed by atoms with Gasteiger partial charge in [0.25, 0.3) is 0 Å². The van der Waals surface area contributed by atoms with Crippen LogP contribution in [0.2, 0.25) is 0 Å². The van der Waals surface area contributed by atoms with Crippen molar-refractivity contribution in [2.24, 2.45) is 5.92 Å². The molecule has 1 aromatic rings. The molecule has 16 heavy (non-hydrogen) atoms. The van der Waals surface area contributed by atoms with Crippen LogP contribution in [0.4, 0.5) is 0 Å². The molecule has 1 atom stereocenters. The maximum absolute atomic E-state index is 8.79. The molecule has 0 aliphatic carbocycles. The van der Waals surface area contributed by atoms with Crippen LogP contribution in [0.3, 0.4) is 0 Å². The third-order valence-corrected chi connectivity index (χ3v) is 3.23. The van der Waals surface area contributed by atoms with Gasteiger partial charge in [-0.25, -0.2) is 0 Å². The van der Waals surface area contributed by atoms with Crippen molar-refractivity contribution in [3.05, 3.63) is 33.8 Å². The molecule has 1 aromatic carbocycles. The van der Waals surface area contributed by atoms with Crippen molar-refractivity contribution >= 4 is 15.9 Å². The fourth-order valence-corrected chi connectivity index (χ4v) is 2.11. The van der Waals surface area contributed by atoms with Crippen LogP contribution < -0.4 is 5.32 Å². The smallest absolute Gasteiger partial charge is 0.0434 e. The summed E-state index contributed by atoms with van der Waals surface area (Å²) >= 11 is 3.46. The lowest BCUT2D eigenvalue weighted by molar-refractivity contribution is 0.260. The molecule has 0 heterocycles. The van der Waals surface area contributed by atoms with Gasteiger partial charge in [-0.2, -0.15) is 0 Å². The molecular formula is C13H20BrNO. The number of aliphatic hydroxyl groups excluding tert-OH is 1. The molecule has 0 fully saturated rings. The summed E-state index contributed by atoms with van der Waals surface area (Å²) in [6.45, 7) is 6.40. The molecule has 1 rings (SSSR count). The highest BCUT2D eigenvalue weighted by Gasteiger charge is 2.02. The minimum Gasteiger partial charge on any atom is -0.396 e. The van der Waals surface area contributed by atoms with E-state index in [9.17, 15) is 0 Å². The number of rotatable bonds is 6. The first-order valence-corrected chi connectivity index (χ1v) is 6.49. The van der Waals surface area contributed by atoms with Crippen LogP contribution in [0.25, 0.3) is 0 Å². The lowest BCUT2D eigenvalue weighted by atomic mass is 10.1. The standard InChI is InChI=1S/C13H20BrNO/c1-10(5-6-16)8-15-9-12-3-4-13(14)7-11(12)2/h3-4,7,10,15-16H,5-6,8-9H2,1-2H3. The van der Waals surface area contributed by atoms with Gasteiger partial charge in [0, 0.05) is 17.6 Å². The molecule has 1 unspecified atom stereocenters. The molecule has 2 N–H and O–H groups in total. The van der Waals surface area contributed by atoms with E-state index in [2.05, 4.69) is 53.3 Å². The second kappa shape index (κ2) is 7.05. The summed E-state index contributed by atoms with van der Waals surface area (Å²) in [5.74, 6) is 0.528. The Hall–Kier alpha value is -0.380. The van der Waals surface area contributed by atoms with Crippen LogP contribution in [0, 0.1) is 12.8 Å². The van der Waals surface area contributed by atoms with E-state index in [0.29, 0.717) is 5.92 Å². The quantitative estimate of drug-likeness (QED) is 0.843. The molecule has 0 aromatic heterocycles. The zero-order valence-corrected chi connectivity index (χ0v) is 11.5. The van der Waals surface area contributed by atoms with Crippen LogP contribution in [-0.2, 0) is 6.54 Å². The predicted molar refractivity (Wildman–Crippen MR) is 71.5 cm³/mol. The first-order valence-electron chi connectivity index (χ1n) is 5.70. The van der Waals surface area contributed by atoms with Gasteiger partial charge in [0.2, 0.25) is 0 Å². The molecule has 0 aliphatic heterocycles. The van der Waals surface area contributed by atoms with E-state index < -0.39 is 0 Å². The van der Waals surface area contributed by atoms with Gasteiger partial charge in [-0.05, 0) is 49.1 Å². The van der Waals surface area contributed by atoms with Gasteiger partial charge in [-0.1, -0.05) is 28.9 Å². The summed E-state index contributed by atoms with van der Waals surface area (Å²) in [6, 6.07) is 6.35. The zero-order valence-electron chi connectivity index (χ0n) is 9.96. The molecule has 0 saturated heterocycles. The van der Waals surface area contributed by atoms with Gasteiger partial charge in [0.1, 0.15) is 0 Å². The first kappa shape index (κ1) is 13.7. The van der Waals surface area contributed by atoms with Crippen molar-refractivity contribution in [1.82, 2.24) is 5.32 Å². The minimum atomic E-state index is 0.278. The predicted octanol–water partition coefficient (Wildman–Crippen LogP) is 2.87. The SMILES string of the molecule is Cc1cc(Br)ccc1CNCC(C)CCO. The fourth-order valence-electron chi connectivity index (χ4n) is 1.63. The molecule has 0 amide bonds. The number of halogens is 1. The van der Waals surface area contributed by atoms with Crippen LogP contribution in [0.5, 0.6) is 0 Å². The van der Waals surface area contributed by atoms with Crippen molar-refractivity contribution in [1.29, 1.82) is 0 Å². The van der Waals surface area contributed by atoms with Gasteiger partial charge in [-0.15, -0.1) is 0 Å². The second-order valence-corrected chi connectivity index (χ2v) is 5.23. The largest absolute Gasteiger partial charge is 0.396 e. The van der Waals surface area contributed by atoms with Gasteiger partial charge in [-0.3, -0.25) is 0 Å². The topological polar surface area (TPSA) is 32.3 Å². The van der Waals surface area contributed by atoms with E-state index in [0.717, 1.165) is 24.0 Å². The molecule has 0 bridgehead atoms. The van der Waals surface area contributed by atoms with Gasteiger partial charge < -0.3 is 10.4 Å². The number of aliphatic hydroxyl groups is 1. The van der Waals surface area contributed by atoms with Crippen molar-refractivity contribution in [2.45, 2.75) is 26.8 Å². The zero-order chi connectivity index (χ0) is 12.0. The Balaban J connectivity index is 2.37. The van der Waals surface area contributed by atoms with Crippen LogP contribution in [-0.4, -0.2) is 18.3 Å². The monoisotopic (exact) mass is 285 g/mol. The number of hydrogen-bond donors (Lipinski definition) is 2. The summed E-state index contributed by atoms with van der Waals surface area (Å²) in [6.07, 6.45) is 0.867. The summed E-state index contributed by atoms with van der Waals surface area (Å²) < 4.78 is 1.13. The Morgan fingerprint density at radius 3 is 2.81 bits per heavy atom. The maximum Gasteiger partial charge on any atom is 0.0434 e. The fraction of sp³-hybridized carbons (Fsp3) is 0.538. The molecule has 0 radical (unpaired) electrons. The third kappa shape index (κ3) is 4.64. The van der Waals surface area contributed by atoms with Crippen molar-refractivity contribution < 1.29 is 5.11 Å². The molecular weight excluding hydrogens is 266 g/mol. The van der Waals surface area contributed by atoms with Crippen molar-refractivity contribution in [3.8, 4) is 0 Å². The summed E-state index contributed by atoms with van der Waals surface area (Å²) in [5, 5.41) is 12.2. The lowest BCUT2D eigenvalue weighted by Crippen LogP contribution is -2.21. The molecule has 0 spiro atoms. The van der Waals surface area contributed by atoms with Crippen LogP contribution in [0.15, 0.2) is 22.7 Å². The van der Waals surface area contributed by atoms with Crippen molar-refractivity contribution in [3.63, 3.8) is 0 Å². The van der Waals surface area contributed by atoms with E-state index in [-0.39, 0.29) is 6.61 Å². The van der Waals surface area contributed by atoms with Crippen LogP contribution >= 0.6 is 15.9 Å². The molecule has 3 heteroatoms. The molecule has 2 nitrogen and oxygen atoms in total. The van der Waals surface area contributed by atoms with E-state index in [1.807, 2.05) is 0 Å². The van der Waals surface area contributed by atoms with Crippen molar-refractivity contribution in [2.75, 3.05) is 13.2 Å². The van der Waals surface area contributed by atoms with E-state index in [4.69, 9.17) is 5.11 Å². The lowest BCUT2D eigenvalue weighted by Gasteiger charge is -2.12. The Kier molecular flexibility index (Phi) is 6.03. The number of benzene rings is 1. The normalized spacial score (nSPS) is 12.8. The summed E-state index contributed by atoms with van der Waals surface area (Å²) in [5.41, 5.74) is 2.64. The highest BCUT2D eigenvalue weighted by atomic mass is 79.9. The van der Waals surface area contributed by atoms with E-state index in [1.165, 1.54) is 11.1 Å². The molecule has 0 saturated carbocycles. The highest BCUT2D eigenvalue weighted by molar-refractivity contribution is 9.10. The Morgan fingerprint density at radius 1 is 1.44 bits per heavy atom. The molecule has 0 aliphatic rings. The average molecular weight is 286 g/mol. The second-order valence-electron chi connectivity index (χ2n) is 4.32. The minimum absolute atomic E-state index is 0.278. The Bertz CT molecular complexity index is 328. The number of nitrogens with one attached hydrogen (secondary N) is 1. The van der Waals surface area contributed by atoms with Gasteiger partial charge >= 0.3 is 0 Å². The van der Waals surface area contributed by atoms with Gasteiger partial charge in [0.05, 0.1) is 0 Å². The Morgan fingerprint density at radius 2 is 2.19 bits per heavy atom. The number of aryl methyl sites for hydroxylation is 1. The average Bonchev–Trinajstić information content (AvgIpc) is 2.22. The van der Waals surface area contributed by atoms with Gasteiger partial charge in [0.15, 0.2) is 0 Å². The highest BCUT2D eigenvalue weighted by Crippen LogP contribution is 2.15. The van der Waals surface area contributed by atoms with E-state index >= 15 is 0 Å². The third-order valence-electron chi connectivity index (χ3n) is 2.73. The maximum atomic E-state index is 8.79. The first-order chi connectivity index (χ1) is 7.63. The summed E-state index contributed by atoms with van der Waals surface area (Å²) in [7, 11) is 0. The Labute approximate surface area is 106 Å². The van der Waals surface area contributed by atoms with E-state index in [1.54, 1.807) is 0 Å². The molecule has 90 valence electrons. The number of hydrogen-bond acceptors (Lipinski definition) is 2.